The van der Waals surface area contributed by atoms with Crippen LogP contribution in [0.1, 0.15) is 12.5 Å². The lowest BCUT2D eigenvalue weighted by atomic mass is 10.4. The molecule has 1 aromatic heterocycles. The lowest BCUT2D eigenvalue weighted by Gasteiger charge is -1.88. The van der Waals surface area contributed by atoms with E-state index in [0.29, 0.717) is 5.56 Å². The van der Waals surface area contributed by atoms with Crippen LogP contribution in [0, 0.1) is 0 Å². The Balaban J connectivity index is 2.74. The van der Waals surface area contributed by atoms with Crippen LogP contribution in [0.15, 0.2) is 12.4 Å². The van der Waals surface area contributed by atoms with E-state index in [0.717, 1.165) is 6.54 Å². The van der Waals surface area contributed by atoms with E-state index in [-0.39, 0.29) is 0 Å². The third-order valence-corrected chi connectivity index (χ3v) is 1.17. The van der Waals surface area contributed by atoms with E-state index in [1.165, 1.54) is 0 Å². The van der Waals surface area contributed by atoms with E-state index in [4.69, 9.17) is 0 Å². The maximum absolute atomic E-state index is 11.8. The van der Waals surface area contributed by atoms with Crippen molar-refractivity contribution in [2.75, 3.05) is 0 Å². The Bertz CT molecular complexity index is 164. The molecular weight excluding hydrogens is 119 g/mol. The van der Waals surface area contributed by atoms with E-state index in [1.807, 2.05) is 6.92 Å². The Hall–Kier alpha value is -0.860. The Kier molecular flexibility index (Phi) is 1.82. The van der Waals surface area contributed by atoms with Crippen molar-refractivity contribution in [3.05, 3.63) is 18.0 Å². The molecule has 0 unspecified atom stereocenters. The normalized spacial score (nSPS) is 10.0. The summed E-state index contributed by atoms with van der Waals surface area (Å²) in [6, 6.07) is 0. The highest BCUT2D eigenvalue weighted by molar-refractivity contribution is 5.01. The predicted octanol–water partition coefficient (Wildman–Crippen LogP) is 1.37. The van der Waals surface area contributed by atoms with E-state index in [1.54, 1.807) is 17.1 Å². The summed E-state index contributed by atoms with van der Waals surface area (Å²) in [6.45, 7) is 2.36. The fourth-order valence-corrected chi connectivity index (χ4v) is 0.648. The molecule has 0 atom stereocenters. The van der Waals surface area contributed by atoms with Gasteiger partial charge in [0.1, 0.15) is 6.67 Å². The molecule has 0 bridgehead atoms. The van der Waals surface area contributed by atoms with Gasteiger partial charge in [-0.2, -0.15) is 5.10 Å². The molecule has 0 fully saturated rings. The third kappa shape index (κ3) is 1.28. The van der Waals surface area contributed by atoms with Gasteiger partial charge in [0.05, 0.1) is 6.20 Å². The Morgan fingerprint density at radius 3 is 2.89 bits per heavy atom. The average molecular weight is 128 g/mol. The van der Waals surface area contributed by atoms with Crippen molar-refractivity contribution >= 4 is 0 Å². The summed E-state index contributed by atoms with van der Waals surface area (Å²) in [4.78, 5) is 0. The lowest BCUT2D eigenvalue weighted by molar-refractivity contribution is 0.484. The molecule has 0 radical (unpaired) electrons. The lowest BCUT2D eigenvalue weighted by Crippen LogP contribution is -1.92. The molecule has 0 aliphatic carbocycles. The topological polar surface area (TPSA) is 17.8 Å². The number of aryl methyl sites for hydroxylation is 1. The summed E-state index contributed by atoms with van der Waals surface area (Å²) < 4.78 is 13.5. The van der Waals surface area contributed by atoms with E-state index < -0.39 is 6.67 Å². The molecule has 2 nitrogen and oxygen atoms in total. The molecule has 0 N–H and O–H groups in total. The van der Waals surface area contributed by atoms with Gasteiger partial charge >= 0.3 is 0 Å². The van der Waals surface area contributed by atoms with Crippen LogP contribution < -0.4 is 0 Å². The summed E-state index contributed by atoms with van der Waals surface area (Å²) in [5.41, 5.74) is 0.650. The number of alkyl halides is 1. The minimum absolute atomic E-state index is 0.417. The van der Waals surface area contributed by atoms with Crippen molar-refractivity contribution in [3.63, 3.8) is 0 Å². The van der Waals surface area contributed by atoms with Crippen LogP contribution in [0.5, 0.6) is 0 Å². The van der Waals surface area contributed by atoms with Gasteiger partial charge in [0.2, 0.25) is 0 Å². The van der Waals surface area contributed by atoms with Crippen molar-refractivity contribution < 1.29 is 4.39 Å². The van der Waals surface area contributed by atoms with Crippen molar-refractivity contribution in [2.45, 2.75) is 20.1 Å². The average Bonchev–Trinajstić information content (AvgIpc) is 2.34. The van der Waals surface area contributed by atoms with Crippen LogP contribution in [0.3, 0.4) is 0 Å². The van der Waals surface area contributed by atoms with Gasteiger partial charge < -0.3 is 0 Å². The zero-order chi connectivity index (χ0) is 6.69. The maximum atomic E-state index is 11.8. The fraction of sp³-hybridized carbons (Fsp3) is 0.500. The second-order valence-corrected chi connectivity index (χ2v) is 1.84. The second-order valence-electron chi connectivity index (χ2n) is 1.84. The Morgan fingerprint density at radius 1 is 1.78 bits per heavy atom. The van der Waals surface area contributed by atoms with Crippen LogP contribution in [-0.4, -0.2) is 9.78 Å². The highest BCUT2D eigenvalue weighted by Crippen LogP contribution is 1.98. The molecule has 0 amide bonds. The van der Waals surface area contributed by atoms with Gasteiger partial charge in [0.25, 0.3) is 0 Å². The van der Waals surface area contributed by atoms with Crippen molar-refractivity contribution in [2.24, 2.45) is 0 Å². The summed E-state index contributed by atoms with van der Waals surface area (Å²) in [5, 5.41) is 3.88. The molecule has 9 heavy (non-hydrogen) atoms. The van der Waals surface area contributed by atoms with E-state index >= 15 is 0 Å². The molecule has 1 aromatic rings. The summed E-state index contributed by atoms with van der Waals surface area (Å²) in [5.74, 6) is 0. The summed E-state index contributed by atoms with van der Waals surface area (Å²) in [6.07, 6.45) is 3.25. The Morgan fingerprint density at radius 2 is 2.56 bits per heavy atom. The van der Waals surface area contributed by atoms with Crippen LogP contribution >= 0.6 is 0 Å². The van der Waals surface area contributed by atoms with E-state index in [2.05, 4.69) is 5.10 Å². The molecule has 0 spiro atoms. The van der Waals surface area contributed by atoms with Crippen molar-refractivity contribution in [1.29, 1.82) is 0 Å². The number of aromatic nitrogens is 2. The smallest absolute Gasteiger partial charge is 0.118 e. The molecule has 1 rings (SSSR count). The number of rotatable bonds is 2. The predicted molar refractivity (Wildman–Crippen MR) is 32.7 cm³/mol. The Labute approximate surface area is 53.3 Å². The van der Waals surface area contributed by atoms with E-state index in [9.17, 15) is 4.39 Å². The first-order chi connectivity index (χ1) is 4.36. The zero-order valence-electron chi connectivity index (χ0n) is 5.34. The molecule has 3 heteroatoms. The maximum Gasteiger partial charge on any atom is 0.118 e. The van der Waals surface area contributed by atoms with Crippen LogP contribution in [0.4, 0.5) is 4.39 Å². The largest absolute Gasteiger partial charge is 0.273 e. The molecule has 0 aromatic carbocycles. The van der Waals surface area contributed by atoms with Gasteiger partial charge in [-0.1, -0.05) is 0 Å². The van der Waals surface area contributed by atoms with Crippen molar-refractivity contribution in [3.8, 4) is 0 Å². The molecule has 0 aliphatic rings. The SMILES string of the molecule is CCn1cc(CF)cn1. The standard InChI is InChI=1S/C6H9FN2/c1-2-9-5-6(3-7)4-8-9/h4-5H,2-3H2,1H3. The first kappa shape index (κ1) is 6.26. The second kappa shape index (κ2) is 2.62. The number of hydrogen-bond donors (Lipinski definition) is 0. The summed E-state index contributed by atoms with van der Waals surface area (Å²) in [7, 11) is 0. The highest BCUT2D eigenvalue weighted by atomic mass is 19.1. The fourth-order valence-electron chi connectivity index (χ4n) is 0.648. The highest BCUT2D eigenvalue weighted by Gasteiger charge is 1.93. The first-order valence-electron chi connectivity index (χ1n) is 2.94. The van der Waals surface area contributed by atoms with Gasteiger partial charge in [-0.15, -0.1) is 0 Å². The monoisotopic (exact) mass is 128 g/mol. The molecule has 1 heterocycles. The molecule has 0 saturated carbocycles. The van der Waals surface area contributed by atoms with Crippen LogP contribution in [0.25, 0.3) is 0 Å². The summed E-state index contributed by atoms with van der Waals surface area (Å²) >= 11 is 0. The van der Waals surface area contributed by atoms with Crippen LogP contribution in [0.2, 0.25) is 0 Å². The third-order valence-electron chi connectivity index (χ3n) is 1.17. The van der Waals surface area contributed by atoms with Gasteiger partial charge in [0, 0.05) is 18.3 Å². The number of halogens is 1. The minimum Gasteiger partial charge on any atom is -0.273 e. The van der Waals surface area contributed by atoms with Gasteiger partial charge in [-0.3, -0.25) is 4.68 Å². The van der Waals surface area contributed by atoms with Crippen LogP contribution in [-0.2, 0) is 13.2 Å². The molecule has 50 valence electrons. The molecular formula is C6H9FN2. The molecule has 0 saturated heterocycles. The van der Waals surface area contributed by atoms with Gasteiger partial charge in [-0.05, 0) is 6.92 Å². The first-order valence-corrected chi connectivity index (χ1v) is 2.94. The zero-order valence-corrected chi connectivity index (χ0v) is 5.34. The van der Waals surface area contributed by atoms with Gasteiger partial charge in [0.15, 0.2) is 0 Å². The number of nitrogens with zero attached hydrogens (tertiary/aromatic N) is 2. The number of hydrogen-bond acceptors (Lipinski definition) is 1. The van der Waals surface area contributed by atoms with Gasteiger partial charge in [-0.25, -0.2) is 4.39 Å². The van der Waals surface area contributed by atoms with Crippen molar-refractivity contribution in [1.82, 2.24) is 9.78 Å². The molecule has 0 aliphatic heterocycles. The quantitative estimate of drug-likeness (QED) is 0.588. The minimum atomic E-state index is -0.417.